The lowest BCUT2D eigenvalue weighted by atomic mass is 9.69. The van der Waals surface area contributed by atoms with E-state index in [0.29, 0.717) is 30.7 Å². The number of sulfonamides is 1. The van der Waals surface area contributed by atoms with Crippen molar-refractivity contribution in [1.82, 2.24) is 9.62 Å². The lowest BCUT2D eigenvalue weighted by molar-refractivity contribution is -0.128. The number of anilines is 1. The van der Waals surface area contributed by atoms with Gasteiger partial charge in [-0.3, -0.25) is 9.69 Å². The van der Waals surface area contributed by atoms with Crippen molar-refractivity contribution in [3.8, 4) is 5.75 Å². The van der Waals surface area contributed by atoms with Crippen molar-refractivity contribution < 1.29 is 17.9 Å². The molecule has 4 aliphatic rings. The third kappa shape index (κ3) is 5.28. The van der Waals surface area contributed by atoms with Crippen LogP contribution in [0.3, 0.4) is 0 Å². The Bertz CT molecular complexity index is 1490. The van der Waals surface area contributed by atoms with E-state index in [-0.39, 0.29) is 10.3 Å². The van der Waals surface area contributed by atoms with E-state index >= 15 is 0 Å². The maximum Gasteiger partial charge on any atom is 0.264 e. The molecule has 3 atom stereocenters. The number of nitrogens with zero attached hydrogens (tertiary/aromatic N) is 2. The molecule has 2 aromatic carbocycles. The zero-order chi connectivity index (χ0) is 29.0. The third-order valence-corrected chi connectivity index (χ3v) is 11.6. The molecule has 1 fully saturated rings. The highest BCUT2D eigenvalue weighted by molar-refractivity contribution is 7.90. The average Bonchev–Trinajstić information content (AvgIpc) is 3.07. The highest BCUT2D eigenvalue weighted by Crippen LogP contribution is 2.47. The number of nitrogens with one attached hydrogen (secondary N) is 1. The Kier molecular flexibility index (Phi) is 7.40. The maximum absolute atomic E-state index is 13.6. The molecule has 1 saturated carbocycles. The summed E-state index contributed by atoms with van der Waals surface area (Å²) in [5.74, 6) is 1.22. The molecule has 0 aromatic heterocycles. The molecule has 2 aromatic rings. The molecule has 2 aliphatic heterocycles. The fourth-order valence-corrected chi connectivity index (χ4v) is 8.26. The van der Waals surface area contributed by atoms with Crippen LogP contribution in [0.25, 0.3) is 0 Å². The number of halogens is 1. The Morgan fingerprint density at radius 3 is 2.66 bits per heavy atom. The quantitative estimate of drug-likeness (QED) is 0.415. The Morgan fingerprint density at radius 2 is 1.88 bits per heavy atom. The van der Waals surface area contributed by atoms with Crippen LogP contribution >= 0.6 is 11.6 Å². The van der Waals surface area contributed by atoms with E-state index in [1.54, 1.807) is 32.0 Å². The van der Waals surface area contributed by atoms with Gasteiger partial charge >= 0.3 is 0 Å². The van der Waals surface area contributed by atoms with Crippen LogP contribution in [0.5, 0.6) is 5.75 Å². The summed E-state index contributed by atoms with van der Waals surface area (Å²) < 4.78 is 36.0. The molecule has 9 heteroatoms. The molecule has 0 unspecified atom stereocenters. The summed E-state index contributed by atoms with van der Waals surface area (Å²) in [6.45, 7) is 6.15. The van der Waals surface area contributed by atoms with Crippen LogP contribution in [0.1, 0.15) is 57.1 Å². The lowest BCUT2D eigenvalue weighted by Gasteiger charge is -2.44. The maximum atomic E-state index is 13.6. The van der Waals surface area contributed by atoms with Gasteiger partial charge in [-0.25, -0.2) is 13.1 Å². The van der Waals surface area contributed by atoms with Gasteiger partial charge in [0.25, 0.3) is 15.9 Å². The molecule has 220 valence electrons. The van der Waals surface area contributed by atoms with Crippen molar-refractivity contribution in [3.05, 3.63) is 64.7 Å². The van der Waals surface area contributed by atoms with Gasteiger partial charge in [0.05, 0.1) is 22.7 Å². The van der Waals surface area contributed by atoms with E-state index < -0.39 is 21.5 Å². The number of carbonyl (C=O) groups excluding carboxylic acids is 1. The topological polar surface area (TPSA) is 79.0 Å². The minimum atomic E-state index is -4.10. The Labute approximate surface area is 248 Å². The largest absolute Gasteiger partial charge is 0.490 e. The fraction of sp³-hybridized carbons (Fsp3) is 0.531. The number of aryl methyl sites for hydroxylation is 1. The number of rotatable bonds is 0. The summed E-state index contributed by atoms with van der Waals surface area (Å²) in [5, 5.41) is 0.750. The zero-order valence-electron chi connectivity index (χ0n) is 24.2. The first-order chi connectivity index (χ1) is 19.5. The zero-order valence-corrected chi connectivity index (χ0v) is 25.7. The second-order valence-corrected chi connectivity index (χ2v) is 15.0. The summed E-state index contributed by atoms with van der Waals surface area (Å²) in [6.07, 6.45) is 10.7. The third-order valence-electron chi connectivity index (χ3n) is 10.1. The van der Waals surface area contributed by atoms with E-state index in [9.17, 15) is 13.2 Å². The van der Waals surface area contributed by atoms with Gasteiger partial charge in [0.1, 0.15) is 5.75 Å². The van der Waals surface area contributed by atoms with E-state index in [1.807, 2.05) is 18.0 Å². The van der Waals surface area contributed by atoms with Crippen molar-refractivity contribution >= 4 is 33.2 Å². The van der Waals surface area contributed by atoms with Crippen LogP contribution in [0.4, 0.5) is 5.69 Å². The van der Waals surface area contributed by atoms with Gasteiger partial charge in [0.15, 0.2) is 0 Å². The van der Waals surface area contributed by atoms with Gasteiger partial charge in [0.2, 0.25) is 0 Å². The number of amides is 1. The number of allylic oxidation sites excluding steroid dienone is 1. The van der Waals surface area contributed by atoms with Gasteiger partial charge in [-0.15, -0.1) is 0 Å². The second kappa shape index (κ2) is 10.6. The summed E-state index contributed by atoms with van der Waals surface area (Å²) in [5.41, 5.74) is 2.10. The van der Waals surface area contributed by atoms with E-state index in [0.717, 1.165) is 55.9 Å². The van der Waals surface area contributed by atoms with Crippen molar-refractivity contribution in [3.63, 3.8) is 0 Å². The van der Waals surface area contributed by atoms with E-state index in [4.69, 9.17) is 16.3 Å². The van der Waals surface area contributed by atoms with Crippen molar-refractivity contribution in [1.29, 1.82) is 0 Å². The van der Waals surface area contributed by atoms with Crippen molar-refractivity contribution in [2.75, 3.05) is 38.2 Å². The normalized spacial score (nSPS) is 30.1. The minimum absolute atomic E-state index is 0.0700. The molecule has 2 bridgehead atoms. The highest BCUT2D eigenvalue weighted by Gasteiger charge is 2.44. The van der Waals surface area contributed by atoms with Crippen LogP contribution in [0.15, 0.2) is 53.4 Å². The van der Waals surface area contributed by atoms with E-state index in [2.05, 4.69) is 33.9 Å². The molecule has 0 radical (unpaired) electrons. The number of carbonyl (C=O) groups is 1. The molecule has 0 saturated heterocycles. The number of ether oxygens (including phenoxy) is 1. The average molecular weight is 598 g/mol. The predicted octanol–water partition coefficient (Wildman–Crippen LogP) is 5.31. The first-order valence-electron chi connectivity index (χ1n) is 14.7. The number of hydrogen-bond acceptors (Lipinski definition) is 6. The van der Waals surface area contributed by atoms with Crippen LogP contribution < -0.4 is 14.4 Å². The summed E-state index contributed by atoms with van der Waals surface area (Å²) in [7, 11) is -2.26. The SMILES string of the molecule is CN1C/C=C/C[C@@H]2CC[C@H]2CN2C[C@@]3(CCCc4cc(Cl)ccc43)COc3ccc(cc32)S(=O)(=O)NC(=O)C1(C)C. The van der Waals surface area contributed by atoms with Crippen molar-refractivity contribution in [2.45, 2.75) is 68.2 Å². The second-order valence-electron chi connectivity index (χ2n) is 12.9. The predicted molar refractivity (Wildman–Crippen MR) is 162 cm³/mol. The Morgan fingerprint density at radius 1 is 1.07 bits per heavy atom. The molecular weight excluding hydrogens is 558 g/mol. The van der Waals surface area contributed by atoms with Gasteiger partial charge in [0, 0.05) is 30.1 Å². The first-order valence-corrected chi connectivity index (χ1v) is 16.6. The van der Waals surface area contributed by atoms with Crippen LogP contribution in [-0.4, -0.2) is 58.1 Å². The first kappa shape index (κ1) is 28.6. The smallest absolute Gasteiger partial charge is 0.264 e. The van der Waals surface area contributed by atoms with Crippen molar-refractivity contribution in [2.24, 2.45) is 11.8 Å². The molecule has 41 heavy (non-hydrogen) atoms. The Balaban J connectivity index is 1.43. The summed E-state index contributed by atoms with van der Waals surface area (Å²) >= 11 is 6.39. The number of likely N-dealkylation sites (N-methyl/N-ethyl adjacent to an activating group) is 1. The van der Waals surface area contributed by atoms with Crippen LogP contribution in [0.2, 0.25) is 5.02 Å². The Hall–Kier alpha value is -2.55. The van der Waals surface area contributed by atoms with Crippen LogP contribution in [-0.2, 0) is 26.7 Å². The molecule has 1 spiro atoms. The van der Waals surface area contributed by atoms with Gasteiger partial charge in [-0.05, 0) is 113 Å². The molecule has 2 aliphatic carbocycles. The molecule has 1 amide bonds. The number of hydrogen-bond donors (Lipinski definition) is 1. The fourth-order valence-electron chi connectivity index (χ4n) is 6.94. The molecular formula is C32H40ClN3O4S. The summed E-state index contributed by atoms with van der Waals surface area (Å²) in [4.78, 5) is 17.6. The van der Waals surface area contributed by atoms with Gasteiger partial charge in [-0.1, -0.05) is 29.8 Å². The molecule has 6 rings (SSSR count). The standard InChI is InChI=1S/C32H40ClN3O4S/c1-31(2)30(37)34-41(38,39)26-12-14-29-28(18-26)36(19-24-10-9-22(24)7-4-5-16-35(31)3)20-32(21-40-29)15-6-8-23-17-25(33)11-13-27(23)32/h4-5,11-14,17-18,22,24H,6-10,15-16,19-21H2,1-3H3,(H,34,37)/b5-4+/t22-,24+,32+/m1/s1. The van der Waals surface area contributed by atoms with Gasteiger partial charge < -0.3 is 9.64 Å². The summed E-state index contributed by atoms with van der Waals surface area (Å²) in [6, 6.07) is 11.2. The highest BCUT2D eigenvalue weighted by atomic mass is 35.5. The van der Waals surface area contributed by atoms with Gasteiger partial charge in [-0.2, -0.15) is 0 Å². The molecule has 7 nitrogen and oxygen atoms in total. The number of benzene rings is 2. The lowest BCUT2D eigenvalue weighted by Crippen LogP contribution is -2.54. The monoisotopic (exact) mass is 597 g/mol. The number of fused-ring (bicyclic) bond motifs is 4. The molecule has 1 N–H and O–H groups in total. The van der Waals surface area contributed by atoms with Crippen LogP contribution in [0, 0.1) is 11.8 Å². The van der Waals surface area contributed by atoms with E-state index in [1.165, 1.54) is 17.5 Å². The minimum Gasteiger partial charge on any atom is -0.490 e. The molecule has 2 heterocycles.